The molecule has 0 aliphatic carbocycles. The van der Waals surface area contributed by atoms with E-state index in [2.05, 4.69) is 29.2 Å². The van der Waals surface area contributed by atoms with Crippen LogP contribution >= 0.6 is 22.6 Å². The second-order valence-corrected chi connectivity index (χ2v) is 4.48. The van der Waals surface area contributed by atoms with Crippen LogP contribution in [0.15, 0.2) is 12.7 Å². The number of ether oxygens (including phenoxy) is 3. The zero-order valence-corrected chi connectivity index (χ0v) is 10.2. The second kappa shape index (κ2) is 4.92. The van der Waals surface area contributed by atoms with Crippen LogP contribution in [0.25, 0.3) is 0 Å². The maximum atomic E-state index is 5.72. The molecule has 0 aromatic carbocycles. The van der Waals surface area contributed by atoms with Crippen LogP contribution in [0.2, 0.25) is 0 Å². The van der Waals surface area contributed by atoms with Gasteiger partial charge in [0.15, 0.2) is 6.29 Å². The summed E-state index contributed by atoms with van der Waals surface area (Å²) in [5.74, 6) is 0. The van der Waals surface area contributed by atoms with Crippen LogP contribution in [0, 0.1) is 0 Å². The predicted octanol–water partition coefficient (Wildman–Crippen LogP) is 1.90. The molecule has 2 bridgehead atoms. The number of rotatable bonds is 4. The molecule has 0 saturated carbocycles. The summed E-state index contributed by atoms with van der Waals surface area (Å²) >= 11 is 2.33. The standard InChI is InChI=1S/C10H15IO3/c1-2-5-12-7-3-4-9-13-8(6-11)10(7)14-9/h2,7-10H,1,3-6H2/t7-,8-,9+,10-/m0/s1. The minimum atomic E-state index is 0.0170. The maximum Gasteiger partial charge on any atom is 0.158 e. The van der Waals surface area contributed by atoms with E-state index in [0.717, 1.165) is 17.3 Å². The first-order chi connectivity index (χ1) is 6.85. The van der Waals surface area contributed by atoms with Crippen molar-refractivity contribution in [2.24, 2.45) is 0 Å². The van der Waals surface area contributed by atoms with Crippen LogP contribution in [-0.4, -0.2) is 35.6 Å². The highest BCUT2D eigenvalue weighted by atomic mass is 127. The molecule has 0 amide bonds. The van der Waals surface area contributed by atoms with Crippen molar-refractivity contribution in [3.63, 3.8) is 0 Å². The van der Waals surface area contributed by atoms with E-state index in [0.29, 0.717) is 6.61 Å². The zero-order valence-electron chi connectivity index (χ0n) is 8.02. The molecule has 0 aromatic heterocycles. The van der Waals surface area contributed by atoms with Gasteiger partial charge in [-0.15, -0.1) is 6.58 Å². The zero-order chi connectivity index (χ0) is 9.97. The van der Waals surface area contributed by atoms with Gasteiger partial charge in [0.05, 0.1) is 18.8 Å². The number of hydrogen-bond acceptors (Lipinski definition) is 3. The van der Waals surface area contributed by atoms with Gasteiger partial charge in [-0.05, 0) is 6.42 Å². The lowest BCUT2D eigenvalue weighted by atomic mass is 10.0. The van der Waals surface area contributed by atoms with Crippen molar-refractivity contribution in [3.8, 4) is 0 Å². The third kappa shape index (κ3) is 2.13. The SMILES string of the molecule is C=CCO[C@H]1CC[C@H]2O[C@@H]1[C@H](CI)O2. The molecule has 2 rings (SSSR count). The second-order valence-electron chi connectivity index (χ2n) is 3.60. The summed E-state index contributed by atoms with van der Waals surface area (Å²) in [6, 6.07) is 0. The number of halogens is 1. The predicted molar refractivity (Wildman–Crippen MR) is 61.6 cm³/mol. The van der Waals surface area contributed by atoms with Crippen molar-refractivity contribution in [3.05, 3.63) is 12.7 Å². The van der Waals surface area contributed by atoms with E-state index in [1.165, 1.54) is 0 Å². The minimum Gasteiger partial charge on any atom is -0.371 e. The molecule has 80 valence electrons. The fraction of sp³-hybridized carbons (Fsp3) is 0.800. The van der Waals surface area contributed by atoms with E-state index in [1.54, 1.807) is 6.08 Å². The summed E-state index contributed by atoms with van der Waals surface area (Å²) in [4.78, 5) is 0. The van der Waals surface area contributed by atoms with Crippen LogP contribution in [0.4, 0.5) is 0 Å². The summed E-state index contributed by atoms with van der Waals surface area (Å²) in [5, 5.41) is 0. The van der Waals surface area contributed by atoms with Gasteiger partial charge in [-0.2, -0.15) is 0 Å². The molecule has 2 aliphatic heterocycles. The van der Waals surface area contributed by atoms with Crippen molar-refractivity contribution in [2.75, 3.05) is 11.0 Å². The van der Waals surface area contributed by atoms with Gasteiger partial charge in [-0.3, -0.25) is 0 Å². The Morgan fingerprint density at radius 3 is 3.00 bits per heavy atom. The molecule has 0 aromatic rings. The van der Waals surface area contributed by atoms with E-state index in [-0.39, 0.29) is 24.6 Å². The Kier molecular flexibility index (Phi) is 3.81. The fourth-order valence-corrected chi connectivity index (χ4v) is 2.70. The average Bonchev–Trinajstić information content (AvgIpc) is 2.55. The van der Waals surface area contributed by atoms with E-state index < -0.39 is 0 Å². The highest BCUT2D eigenvalue weighted by molar-refractivity contribution is 14.1. The molecular weight excluding hydrogens is 295 g/mol. The summed E-state index contributed by atoms with van der Waals surface area (Å²) in [7, 11) is 0. The van der Waals surface area contributed by atoms with Crippen molar-refractivity contribution >= 4 is 22.6 Å². The van der Waals surface area contributed by atoms with E-state index in [4.69, 9.17) is 14.2 Å². The quantitative estimate of drug-likeness (QED) is 0.451. The van der Waals surface area contributed by atoms with E-state index in [9.17, 15) is 0 Å². The highest BCUT2D eigenvalue weighted by Gasteiger charge is 2.44. The molecule has 3 nitrogen and oxygen atoms in total. The smallest absolute Gasteiger partial charge is 0.158 e. The van der Waals surface area contributed by atoms with Gasteiger partial charge in [0.2, 0.25) is 0 Å². The Hall–Kier alpha value is 0.350. The van der Waals surface area contributed by atoms with Gasteiger partial charge < -0.3 is 14.2 Å². The largest absolute Gasteiger partial charge is 0.371 e. The Morgan fingerprint density at radius 1 is 1.43 bits per heavy atom. The summed E-state index contributed by atoms with van der Waals surface area (Å²) in [6.45, 7) is 4.25. The molecule has 0 unspecified atom stereocenters. The number of hydrogen-bond donors (Lipinski definition) is 0. The monoisotopic (exact) mass is 310 g/mol. The fourth-order valence-electron chi connectivity index (χ4n) is 1.99. The van der Waals surface area contributed by atoms with Gasteiger partial charge in [-0.1, -0.05) is 28.7 Å². The minimum absolute atomic E-state index is 0.0170. The Labute approximate surface area is 97.9 Å². The lowest BCUT2D eigenvalue weighted by Crippen LogP contribution is -2.39. The lowest BCUT2D eigenvalue weighted by Gasteiger charge is -2.28. The highest BCUT2D eigenvalue weighted by Crippen LogP contribution is 2.34. The third-order valence-electron chi connectivity index (χ3n) is 2.64. The summed E-state index contributed by atoms with van der Waals surface area (Å²) < 4.78 is 18.1. The van der Waals surface area contributed by atoms with E-state index >= 15 is 0 Å². The Bertz CT molecular complexity index is 210. The molecule has 0 radical (unpaired) electrons. The molecule has 14 heavy (non-hydrogen) atoms. The Morgan fingerprint density at radius 2 is 2.29 bits per heavy atom. The molecular formula is C10H15IO3. The number of alkyl halides is 1. The first-order valence-corrected chi connectivity index (χ1v) is 6.47. The van der Waals surface area contributed by atoms with Gasteiger partial charge in [0, 0.05) is 10.8 Å². The lowest BCUT2D eigenvalue weighted by molar-refractivity contribution is -0.132. The normalized spacial score (nSPS) is 41.2. The van der Waals surface area contributed by atoms with Gasteiger partial charge >= 0.3 is 0 Å². The summed E-state index contributed by atoms with van der Waals surface area (Å²) in [5.41, 5.74) is 0. The first-order valence-electron chi connectivity index (χ1n) is 4.94. The van der Waals surface area contributed by atoms with Crippen molar-refractivity contribution in [2.45, 2.75) is 37.4 Å². The van der Waals surface area contributed by atoms with Crippen molar-refractivity contribution in [1.29, 1.82) is 0 Å². The summed E-state index contributed by atoms with van der Waals surface area (Å²) in [6.07, 6.45) is 4.31. The topological polar surface area (TPSA) is 27.7 Å². The van der Waals surface area contributed by atoms with Gasteiger partial charge in [0.25, 0.3) is 0 Å². The van der Waals surface area contributed by atoms with Crippen LogP contribution in [-0.2, 0) is 14.2 Å². The van der Waals surface area contributed by atoms with Crippen LogP contribution in [0.5, 0.6) is 0 Å². The average molecular weight is 310 g/mol. The van der Waals surface area contributed by atoms with Crippen LogP contribution in [0.1, 0.15) is 12.8 Å². The molecule has 2 aliphatic rings. The number of fused-ring (bicyclic) bond motifs is 2. The van der Waals surface area contributed by atoms with Crippen molar-refractivity contribution < 1.29 is 14.2 Å². The van der Waals surface area contributed by atoms with Crippen LogP contribution in [0.3, 0.4) is 0 Å². The Balaban J connectivity index is 1.94. The van der Waals surface area contributed by atoms with Gasteiger partial charge in [-0.25, -0.2) is 0 Å². The van der Waals surface area contributed by atoms with E-state index in [1.807, 2.05) is 0 Å². The van der Waals surface area contributed by atoms with Crippen LogP contribution < -0.4 is 0 Å². The van der Waals surface area contributed by atoms with Gasteiger partial charge in [0.1, 0.15) is 6.10 Å². The molecule has 2 fully saturated rings. The molecule has 0 N–H and O–H groups in total. The first kappa shape index (κ1) is 10.9. The maximum absolute atomic E-state index is 5.72. The third-order valence-corrected chi connectivity index (χ3v) is 3.50. The molecule has 4 atom stereocenters. The van der Waals surface area contributed by atoms with Crippen molar-refractivity contribution in [1.82, 2.24) is 0 Å². The molecule has 4 heteroatoms. The molecule has 2 heterocycles. The molecule has 0 spiro atoms. The molecule has 2 saturated heterocycles.